The van der Waals surface area contributed by atoms with Gasteiger partial charge in [-0.25, -0.2) is 4.98 Å². The lowest BCUT2D eigenvalue weighted by molar-refractivity contribution is -0.138. The Kier molecular flexibility index (Phi) is 8.69. The molecule has 5 rings (SSSR count). The Balaban J connectivity index is 1.32. The van der Waals surface area contributed by atoms with Crippen molar-refractivity contribution < 1.29 is 27.5 Å². The van der Waals surface area contributed by atoms with Crippen molar-refractivity contribution in [3.05, 3.63) is 82.7 Å². The van der Waals surface area contributed by atoms with Gasteiger partial charge in [0, 0.05) is 62.1 Å². The molecule has 43 heavy (non-hydrogen) atoms. The molecule has 0 bridgehead atoms. The highest BCUT2D eigenvalue weighted by Crippen LogP contribution is 2.35. The van der Waals surface area contributed by atoms with Crippen LogP contribution in [0.1, 0.15) is 44.3 Å². The Morgan fingerprint density at radius 2 is 1.74 bits per heavy atom. The van der Waals surface area contributed by atoms with Gasteiger partial charge in [0.1, 0.15) is 17.0 Å². The van der Waals surface area contributed by atoms with Crippen molar-refractivity contribution in [3.63, 3.8) is 0 Å². The Morgan fingerprint density at radius 3 is 2.44 bits per heavy atom. The molecule has 1 saturated heterocycles. The van der Waals surface area contributed by atoms with E-state index in [9.17, 15) is 22.8 Å². The quantitative estimate of drug-likeness (QED) is 0.248. The fraction of sp³-hybridized carbons (Fsp3) is 0.323. The lowest BCUT2D eigenvalue weighted by Crippen LogP contribution is -2.45. The van der Waals surface area contributed by atoms with Gasteiger partial charge in [0.05, 0.1) is 18.1 Å². The van der Waals surface area contributed by atoms with Gasteiger partial charge in [0.25, 0.3) is 11.8 Å². The van der Waals surface area contributed by atoms with Crippen LogP contribution in [0.25, 0.3) is 11.0 Å². The number of piperazine rings is 1. The number of carbonyl (C=O) groups excluding carboxylic acids is 2. The van der Waals surface area contributed by atoms with Crippen LogP contribution in [0.4, 0.5) is 24.5 Å². The first-order valence-corrected chi connectivity index (χ1v) is 14.0. The summed E-state index contributed by atoms with van der Waals surface area (Å²) in [6.45, 7) is 7.95. The molecule has 0 aliphatic carbocycles. The number of aryl methyl sites for hydroxylation is 1. The minimum absolute atomic E-state index is 0.0265. The molecule has 0 unspecified atom stereocenters. The highest BCUT2D eigenvalue weighted by atomic mass is 19.4. The lowest BCUT2D eigenvalue weighted by Gasteiger charge is -2.34. The highest BCUT2D eigenvalue weighted by molar-refractivity contribution is 6.10. The molecule has 2 aromatic heterocycles. The maximum Gasteiger partial charge on any atom is 0.416 e. The largest absolute Gasteiger partial charge is 0.495 e. The van der Waals surface area contributed by atoms with E-state index in [0.29, 0.717) is 41.1 Å². The molecule has 3 N–H and O–H groups in total. The van der Waals surface area contributed by atoms with Crippen LogP contribution in [0.15, 0.2) is 54.9 Å². The molecular formula is C31H33F3N6O3. The smallest absolute Gasteiger partial charge is 0.416 e. The number of H-pyrrole nitrogens is 1. The molecule has 226 valence electrons. The number of fused-ring (bicyclic) bond motifs is 1. The van der Waals surface area contributed by atoms with E-state index >= 15 is 0 Å². The van der Waals surface area contributed by atoms with Crippen molar-refractivity contribution in [3.8, 4) is 5.75 Å². The number of nitrogens with zero attached hydrogens (tertiary/aromatic N) is 3. The summed E-state index contributed by atoms with van der Waals surface area (Å²) in [7, 11) is 1.46. The third-order valence-corrected chi connectivity index (χ3v) is 7.71. The summed E-state index contributed by atoms with van der Waals surface area (Å²) in [6.07, 6.45) is -1.50. The molecule has 0 saturated carbocycles. The maximum absolute atomic E-state index is 14.0. The summed E-state index contributed by atoms with van der Waals surface area (Å²) >= 11 is 0. The number of carbonyl (C=O) groups is 2. The summed E-state index contributed by atoms with van der Waals surface area (Å²) in [5.41, 5.74) is 1.40. The van der Waals surface area contributed by atoms with Crippen LogP contribution in [-0.2, 0) is 12.7 Å². The number of hydrogen-bond acceptors (Lipinski definition) is 6. The first-order chi connectivity index (χ1) is 20.6. The van der Waals surface area contributed by atoms with Gasteiger partial charge in [-0.15, -0.1) is 0 Å². The summed E-state index contributed by atoms with van der Waals surface area (Å²) in [6, 6.07) is 10.3. The second-order valence-electron chi connectivity index (χ2n) is 10.5. The zero-order chi connectivity index (χ0) is 30.7. The monoisotopic (exact) mass is 594 g/mol. The van der Waals surface area contributed by atoms with Crippen molar-refractivity contribution in [2.45, 2.75) is 26.6 Å². The number of alkyl halides is 3. The summed E-state index contributed by atoms with van der Waals surface area (Å²) < 4.78 is 47.6. The standard InChI is InChI=1S/C31H33F3N6O3/c1-4-39-11-13-40(14-12-39)18-21-7-8-22(16-25(21)31(32,33)34)37-29(41)20-6-5-19(2)26(15-20)38-30(42)24-17-36-28-23(9-10-35-28)27(24)43-3/h5-10,15-17H,4,11-14,18H2,1-3H3,(H,35,36)(H,37,41)(H,38,42). The normalized spacial score (nSPS) is 14.6. The molecule has 0 radical (unpaired) electrons. The molecule has 1 aliphatic rings. The van der Waals surface area contributed by atoms with Crippen LogP contribution in [0.3, 0.4) is 0 Å². The molecule has 2 amide bonds. The van der Waals surface area contributed by atoms with Crippen LogP contribution in [0.2, 0.25) is 0 Å². The van der Waals surface area contributed by atoms with E-state index < -0.39 is 23.6 Å². The summed E-state index contributed by atoms with van der Waals surface area (Å²) in [5.74, 6) is -0.753. The number of anilines is 2. The van der Waals surface area contributed by atoms with E-state index in [1.165, 1.54) is 31.5 Å². The van der Waals surface area contributed by atoms with E-state index in [2.05, 4.69) is 32.4 Å². The molecule has 1 aliphatic heterocycles. The van der Waals surface area contributed by atoms with Crippen LogP contribution in [-0.4, -0.2) is 71.4 Å². The second-order valence-corrected chi connectivity index (χ2v) is 10.5. The fourth-order valence-electron chi connectivity index (χ4n) is 5.22. The SMILES string of the molecule is CCN1CCN(Cc2ccc(NC(=O)c3ccc(C)c(NC(=O)c4cnc5[nH]ccc5c4OC)c3)cc2C(F)(F)F)CC1. The number of halogens is 3. The van der Waals surface area contributed by atoms with Gasteiger partial charge in [0.15, 0.2) is 0 Å². The number of pyridine rings is 1. The minimum atomic E-state index is -4.58. The van der Waals surface area contributed by atoms with Gasteiger partial charge < -0.3 is 25.3 Å². The average molecular weight is 595 g/mol. The van der Waals surface area contributed by atoms with Crippen LogP contribution >= 0.6 is 0 Å². The molecule has 3 heterocycles. The molecule has 0 spiro atoms. The van der Waals surface area contributed by atoms with E-state index in [4.69, 9.17) is 4.74 Å². The van der Waals surface area contributed by atoms with Gasteiger partial charge in [0.2, 0.25) is 0 Å². The highest BCUT2D eigenvalue weighted by Gasteiger charge is 2.34. The zero-order valence-electron chi connectivity index (χ0n) is 24.1. The van der Waals surface area contributed by atoms with Crippen LogP contribution in [0, 0.1) is 6.92 Å². The number of methoxy groups -OCH3 is 1. The number of rotatable bonds is 8. The molecule has 2 aromatic carbocycles. The Labute approximate surface area is 247 Å². The number of nitrogens with one attached hydrogen (secondary N) is 3. The lowest BCUT2D eigenvalue weighted by atomic mass is 10.0. The third kappa shape index (κ3) is 6.65. The van der Waals surface area contributed by atoms with E-state index in [-0.39, 0.29) is 28.9 Å². The number of amides is 2. The number of benzene rings is 2. The van der Waals surface area contributed by atoms with Gasteiger partial charge >= 0.3 is 6.18 Å². The Bertz CT molecular complexity index is 1640. The van der Waals surface area contributed by atoms with Crippen molar-refractivity contribution in [2.75, 3.05) is 50.5 Å². The van der Waals surface area contributed by atoms with Crippen LogP contribution in [0.5, 0.6) is 5.75 Å². The van der Waals surface area contributed by atoms with Crippen molar-refractivity contribution in [1.82, 2.24) is 19.8 Å². The number of aromatic amines is 1. The molecule has 4 aromatic rings. The molecule has 12 heteroatoms. The zero-order valence-corrected chi connectivity index (χ0v) is 24.1. The predicted molar refractivity (Wildman–Crippen MR) is 159 cm³/mol. The number of aromatic nitrogens is 2. The van der Waals surface area contributed by atoms with Gasteiger partial charge in [-0.3, -0.25) is 14.5 Å². The molecule has 9 nitrogen and oxygen atoms in total. The third-order valence-electron chi connectivity index (χ3n) is 7.71. The second kappa shape index (κ2) is 12.4. The van der Waals surface area contributed by atoms with Crippen LogP contribution < -0.4 is 15.4 Å². The van der Waals surface area contributed by atoms with E-state index in [0.717, 1.165) is 25.7 Å². The average Bonchev–Trinajstić information content (AvgIpc) is 3.47. The number of ether oxygens (including phenoxy) is 1. The predicted octanol–water partition coefficient (Wildman–Crippen LogP) is 5.54. The molecular weight excluding hydrogens is 561 g/mol. The number of likely N-dealkylation sites (N-methyl/N-ethyl adjacent to an activating group) is 1. The van der Waals surface area contributed by atoms with Gasteiger partial charge in [-0.1, -0.05) is 19.1 Å². The van der Waals surface area contributed by atoms with E-state index in [1.54, 1.807) is 31.3 Å². The molecule has 0 atom stereocenters. The minimum Gasteiger partial charge on any atom is -0.495 e. The van der Waals surface area contributed by atoms with E-state index in [1.807, 2.05) is 4.90 Å². The fourth-order valence-corrected chi connectivity index (χ4v) is 5.22. The first-order valence-electron chi connectivity index (χ1n) is 14.0. The van der Waals surface area contributed by atoms with Gasteiger partial charge in [-0.05, 0) is 54.9 Å². The summed E-state index contributed by atoms with van der Waals surface area (Å²) in [4.78, 5) is 37.8. The number of hydrogen-bond donors (Lipinski definition) is 3. The maximum atomic E-state index is 14.0. The summed E-state index contributed by atoms with van der Waals surface area (Å²) in [5, 5.41) is 6.01. The first kappa shape index (κ1) is 30.1. The van der Waals surface area contributed by atoms with Crippen molar-refractivity contribution in [2.24, 2.45) is 0 Å². The Hall–Kier alpha value is -4.42. The van der Waals surface area contributed by atoms with Crippen molar-refractivity contribution in [1.29, 1.82) is 0 Å². The topological polar surface area (TPSA) is 103 Å². The van der Waals surface area contributed by atoms with Crippen molar-refractivity contribution >= 4 is 34.2 Å². The molecule has 1 fully saturated rings. The van der Waals surface area contributed by atoms with Gasteiger partial charge in [-0.2, -0.15) is 13.2 Å². The Morgan fingerprint density at radius 1 is 1.00 bits per heavy atom.